The van der Waals surface area contributed by atoms with Gasteiger partial charge in [-0.15, -0.1) is 0 Å². The lowest BCUT2D eigenvalue weighted by atomic mass is 9.81. The molecule has 0 unspecified atom stereocenters. The van der Waals surface area contributed by atoms with Crippen molar-refractivity contribution in [3.63, 3.8) is 0 Å². The third-order valence-corrected chi connectivity index (χ3v) is 4.92. The zero-order valence-corrected chi connectivity index (χ0v) is 17.6. The molecule has 0 bridgehead atoms. The highest BCUT2D eigenvalue weighted by Gasteiger charge is 2.34. The second-order valence-corrected chi connectivity index (χ2v) is 7.64. The van der Waals surface area contributed by atoms with Crippen LogP contribution in [0.4, 0.5) is 0 Å². The van der Waals surface area contributed by atoms with Crippen LogP contribution in [0, 0.1) is 5.41 Å². The fraction of sp³-hybridized carbons (Fsp3) is 0.320. The Balaban J connectivity index is 1.71. The van der Waals surface area contributed by atoms with E-state index < -0.39 is 0 Å². The molecule has 0 saturated heterocycles. The van der Waals surface area contributed by atoms with Crippen LogP contribution in [0.5, 0.6) is 0 Å². The maximum Gasteiger partial charge on any atom is 0.332 e. The van der Waals surface area contributed by atoms with Gasteiger partial charge < -0.3 is 19.5 Å². The number of esters is 1. The highest BCUT2D eigenvalue weighted by molar-refractivity contribution is 5.82. The summed E-state index contributed by atoms with van der Waals surface area (Å²) in [6.45, 7) is 3.99. The van der Waals surface area contributed by atoms with E-state index in [4.69, 9.17) is 14.2 Å². The third-order valence-electron chi connectivity index (χ3n) is 4.92. The van der Waals surface area contributed by atoms with Crippen LogP contribution in [0.25, 0.3) is 0 Å². The van der Waals surface area contributed by atoms with Crippen molar-refractivity contribution in [3.05, 3.63) is 95.3 Å². The number of hydrogen-bond acceptors (Lipinski definition) is 5. The van der Waals surface area contributed by atoms with Crippen LogP contribution in [-0.2, 0) is 32.2 Å². The number of ether oxygens (including phenoxy) is 3. The Hall–Kier alpha value is -2.89. The number of benzene rings is 2. The topological polar surface area (TPSA) is 56.8 Å². The van der Waals surface area contributed by atoms with E-state index in [2.05, 4.69) is 11.4 Å². The lowest BCUT2D eigenvalue weighted by Crippen LogP contribution is -2.37. The van der Waals surface area contributed by atoms with E-state index in [1.807, 2.05) is 67.6 Å². The van der Waals surface area contributed by atoms with E-state index in [0.29, 0.717) is 32.8 Å². The first kappa shape index (κ1) is 21.8. The van der Waals surface area contributed by atoms with E-state index in [1.165, 1.54) is 13.2 Å². The number of allylic oxidation sites excluding steroid dienone is 2. The normalized spacial score (nSPS) is 16.6. The van der Waals surface area contributed by atoms with Crippen molar-refractivity contribution in [2.45, 2.75) is 26.6 Å². The predicted octanol–water partition coefficient (Wildman–Crippen LogP) is 4.36. The van der Waals surface area contributed by atoms with Crippen LogP contribution in [0.3, 0.4) is 0 Å². The Morgan fingerprint density at radius 3 is 2.00 bits per heavy atom. The summed E-state index contributed by atoms with van der Waals surface area (Å²) in [5, 5.41) is 3.26. The Morgan fingerprint density at radius 1 is 0.967 bits per heavy atom. The first-order chi connectivity index (χ1) is 14.6. The van der Waals surface area contributed by atoms with Crippen LogP contribution >= 0.6 is 0 Å². The minimum absolute atomic E-state index is 0.376. The molecule has 5 nitrogen and oxygen atoms in total. The summed E-state index contributed by atoms with van der Waals surface area (Å²) in [4.78, 5) is 11.8. The number of methoxy groups -OCH3 is 1. The molecule has 2 aromatic carbocycles. The SMILES string of the molecule is COC(=O)/C=C1/CC(COCc2ccccc2)(COCc2ccccc2)C=C(C)N1. The van der Waals surface area contributed by atoms with Gasteiger partial charge >= 0.3 is 5.97 Å². The fourth-order valence-electron chi connectivity index (χ4n) is 3.63. The number of carbonyl (C=O) groups is 1. The molecule has 2 aromatic rings. The molecule has 0 fully saturated rings. The molecule has 3 rings (SSSR count). The van der Waals surface area contributed by atoms with E-state index in [-0.39, 0.29) is 11.4 Å². The maximum atomic E-state index is 11.8. The first-order valence-electron chi connectivity index (χ1n) is 10.1. The maximum absolute atomic E-state index is 11.8. The molecule has 5 heteroatoms. The molecule has 158 valence electrons. The summed E-state index contributed by atoms with van der Waals surface area (Å²) >= 11 is 0. The van der Waals surface area contributed by atoms with Gasteiger partial charge in [0.05, 0.1) is 33.5 Å². The number of nitrogens with one attached hydrogen (secondary N) is 1. The molecule has 0 aliphatic carbocycles. The van der Waals surface area contributed by atoms with Gasteiger partial charge in [0.1, 0.15) is 0 Å². The molecule has 0 atom stereocenters. The predicted molar refractivity (Wildman–Crippen MR) is 116 cm³/mol. The van der Waals surface area contributed by atoms with Crippen molar-refractivity contribution in [3.8, 4) is 0 Å². The second-order valence-electron chi connectivity index (χ2n) is 7.64. The van der Waals surface area contributed by atoms with E-state index in [9.17, 15) is 4.79 Å². The van der Waals surface area contributed by atoms with Crippen molar-refractivity contribution in [1.82, 2.24) is 5.32 Å². The summed E-state index contributed by atoms with van der Waals surface area (Å²) in [5.74, 6) is -0.378. The summed E-state index contributed by atoms with van der Waals surface area (Å²) in [6, 6.07) is 20.2. The largest absolute Gasteiger partial charge is 0.466 e. The van der Waals surface area contributed by atoms with Crippen molar-refractivity contribution < 1.29 is 19.0 Å². The average molecular weight is 408 g/mol. The van der Waals surface area contributed by atoms with Gasteiger partial charge in [-0.05, 0) is 18.1 Å². The van der Waals surface area contributed by atoms with E-state index in [1.54, 1.807) is 0 Å². The average Bonchev–Trinajstić information content (AvgIpc) is 2.75. The molecular formula is C25H29NO4. The van der Waals surface area contributed by atoms with Crippen molar-refractivity contribution in [1.29, 1.82) is 0 Å². The molecule has 0 saturated carbocycles. The molecule has 1 heterocycles. The molecule has 0 amide bonds. The fourth-order valence-corrected chi connectivity index (χ4v) is 3.63. The summed E-state index contributed by atoms with van der Waals surface area (Å²) < 4.78 is 17.0. The van der Waals surface area contributed by atoms with Crippen LogP contribution in [-0.4, -0.2) is 26.3 Å². The molecule has 30 heavy (non-hydrogen) atoms. The number of rotatable bonds is 9. The first-order valence-corrected chi connectivity index (χ1v) is 10.1. The molecule has 1 N–H and O–H groups in total. The van der Waals surface area contributed by atoms with E-state index in [0.717, 1.165) is 22.5 Å². The van der Waals surface area contributed by atoms with E-state index >= 15 is 0 Å². The molecule has 1 aliphatic rings. The Bertz CT molecular complexity index is 829. The van der Waals surface area contributed by atoms with Crippen LogP contribution in [0.2, 0.25) is 0 Å². The standard InChI is InChI=1S/C25H29NO4/c1-20-14-25(15-23(26-20)13-24(27)28-2,18-29-16-21-9-5-3-6-10-21)19-30-17-22-11-7-4-8-12-22/h3-14,26H,15-19H2,1-2H3/b23-13-. The highest BCUT2D eigenvalue weighted by atomic mass is 16.5. The van der Waals surface area contributed by atoms with Gasteiger partial charge in [-0.25, -0.2) is 4.79 Å². The van der Waals surface area contributed by atoms with Gasteiger partial charge in [-0.2, -0.15) is 0 Å². The van der Waals surface area contributed by atoms with Crippen LogP contribution < -0.4 is 5.32 Å². The quantitative estimate of drug-likeness (QED) is 0.494. The second kappa shape index (κ2) is 10.8. The zero-order chi connectivity index (χ0) is 21.2. The Kier molecular flexibility index (Phi) is 7.82. The monoisotopic (exact) mass is 407 g/mol. The smallest absolute Gasteiger partial charge is 0.332 e. The van der Waals surface area contributed by atoms with Crippen molar-refractivity contribution >= 4 is 5.97 Å². The lowest BCUT2D eigenvalue weighted by molar-refractivity contribution is -0.134. The molecular weight excluding hydrogens is 378 g/mol. The molecule has 0 spiro atoms. The minimum Gasteiger partial charge on any atom is -0.466 e. The minimum atomic E-state index is -0.378. The number of hydrogen-bond donors (Lipinski definition) is 1. The van der Waals surface area contributed by atoms with Crippen LogP contribution in [0.1, 0.15) is 24.5 Å². The van der Waals surface area contributed by atoms with Gasteiger partial charge in [0.2, 0.25) is 0 Å². The van der Waals surface area contributed by atoms with Gasteiger partial charge in [-0.3, -0.25) is 0 Å². The molecule has 0 aromatic heterocycles. The summed E-state index contributed by atoms with van der Waals surface area (Å²) in [6.07, 6.45) is 4.25. The zero-order valence-electron chi connectivity index (χ0n) is 17.6. The molecule has 1 aliphatic heterocycles. The highest BCUT2D eigenvalue weighted by Crippen LogP contribution is 2.34. The third kappa shape index (κ3) is 6.58. The van der Waals surface area contributed by atoms with Crippen molar-refractivity contribution in [2.75, 3.05) is 20.3 Å². The summed E-state index contributed by atoms with van der Waals surface area (Å²) in [5.41, 5.74) is 3.63. The Morgan fingerprint density at radius 2 is 1.50 bits per heavy atom. The van der Waals surface area contributed by atoms with Crippen LogP contribution in [0.15, 0.2) is 84.2 Å². The van der Waals surface area contributed by atoms with Gasteiger partial charge in [0.25, 0.3) is 0 Å². The van der Waals surface area contributed by atoms with Gasteiger partial charge in [-0.1, -0.05) is 66.7 Å². The van der Waals surface area contributed by atoms with Gasteiger partial charge in [0, 0.05) is 29.3 Å². The molecule has 0 radical (unpaired) electrons. The van der Waals surface area contributed by atoms with Crippen molar-refractivity contribution in [2.24, 2.45) is 5.41 Å². The summed E-state index contributed by atoms with van der Waals surface area (Å²) in [7, 11) is 1.38. The lowest BCUT2D eigenvalue weighted by Gasteiger charge is -2.36. The Labute approximate surface area is 178 Å². The van der Waals surface area contributed by atoms with Gasteiger partial charge in [0.15, 0.2) is 0 Å². The number of carbonyl (C=O) groups excluding carboxylic acids is 1.